The van der Waals surface area contributed by atoms with Gasteiger partial charge in [0.15, 0.2) is 0 Å². The lowest BCUT2D eigenvalue weighted by Crippen LogP contribution is -2.37. The number of halogens is 2. The van der Waals surface area contributed by atoms with Crippen molar-refractivity contribution >= 4 is 23.2 Å². The van der Waals surface area contributed by atoms with E-state index in [-0.39, 0.29) is 6.04 Å². The summed E-state index contributed by atoms with van der Waals surface area (Å²) in [5, 5.41) is 1.40. The Balaban J connectivity index is 2.04. The third-order valence-corrected chi connectivity index (χ3v) is 4.01. The molecule has 0 amide bonds. The molecule has 1 fully saturated rings. The second-order valence-corrected chi connectivity index (χ2v) is 5.36. The van der Waals surface area contributed by atoms with Crippen LogP contribution in [0.1, 0.15) is 18.4 Å². The summed E-state index contributed by atoms with van der Waals surface area (Å²) in [7, 11) is 0. The van der Waals surface area contributed by atoms with Gasteiger partial charge in [-0.15, -0.1) is 0 Å². The van der Waals surface area contributed by atoms with Gasteiger partial charge in [0, 0.05) is 22.7 Å². The van der Waals surface area contributed by atoms with Crippen LogP contribution in [0.15, 0.2) is 18.2 Å². The molecule has 17 heavy (non-hydrogen) atoms. The highest BCUT2D eigenvalue weighted by molar-refractivity contribution is 6.35. The van der Waals surface area contributed by atoms with Crippen LogP contribution in [0.3, 0.4) is 0 Å². The highest BCUT2D eigenvalue weighted by atomic mass is 35.5. The second kappa shape index (κ2) is 6.05. The molecule has 0 aliphatic carbocycles. The van der Waals surface area contributed by atoms with Crippen molar-refractivity contribution in [3.05, 3.63) is 33.8 Å². The second-order valence-electron chi connectivity index (χ2n) is 4.55. The Labute approximate surface area is 112 Å². The van der Waals surface area contributed by atoms with Gasteiger partial charge in [0.05, 0.1) is 6.61 Å². The summed E-state index contributed by atoms with van der Waals surface area (Å²) in [4.78, 5) is 0. The van der Waals surface area contributed by atoms with Crippen LogP contribution < -0.4 is 5.73 Å². The minimum absolute atomic E-state index is 0.0627. The molecule has 2 N–H and O–H groups in total. The Morgan fingerprint density at radius 3 is 2.65 bits per heavy atom. The average Bonchev–Trinajstić information content (AvgIpc) is 2.35. The van der Waals surface area contributed by atoms with Crippen LogP contribution >= 0.6 is 23.2 Å². The molecule has 0 spiro atoms. The first kappa shape index (κ1) is 13.2. The molecule has 2 unspecified atom stereocenters. The minimum Gasteiger partial charge on any atom is -0.381 e. The van der Waals surface area contributed by atoms with E-state index >= 15 is 0 Å². The molecular weight excluding hydrogens is 257 g/mol. The summed E-state index contributed by atoms with van der Waals surface area (Å²) in [5.41, 5.74) is 7.17. The lowest BCUT2D eigenvalue weighted by atomic mass is 9.90. The van der Waals surface area contributed by atoms with Crippen LogP contribution in [0.25, 0.3) is 0 Å². The van der Waals surface area contributed by atoms with Crippen LogP contribution in [-0.2, 0) is 11.2 Å². The fraction of sp³-hybridized carbons (Fsp3) is 0.538. The first-order valence-electron chi connectivity index (χ1n) is 5.94. The molecule has 0 radical (unpaired) electrons. The van der Waals surface area contributed by atoms with Crippen LogP contribution in [0.2, 0.25) is 10.0 Å². The maximum Gasteiger partial charge on any atom is 0.0509 e. The molecule has 1 aliphatic rings. The molecule has 1 saturated heterocycles. The van der Waals surface area contributed by atoms with E-state index in [1.165, 1.54) is 0 Å². The first-order valence-corrected chi connectivity index (χ1v) is 6.70. The summed E-state index contributed by atoms with van der Waals surface area (Å²) in [6, 6.07) is 5.62. The molecule has 0 saturated carbocycles. The third-order valence-electron chi connectivity index (χ3n) is 3.30. The number of hydrogen-bond acceptors (Lipinski definition) is 2. The van der Waals surface area contributed by atoms with Gasteiger partial charge in [-0.25, -0.2) is 0 Å². The molecule has 1 aromatic carbocycles. The molecule has 1 aliphatic heterocycles. The largest absolute Gasteiger partial charge is 0.381 e. The fourth-order valence-electron chi connectivity index (χ4n) is 2.23. The molecule has 0 bridgehead atoms. The van der Waals surface area contributed by atoms with Gasteiger partial charge in [-0.1, -0.05) is 29.3 Å². The Hall–Kier alpha value is -0.280. The van der Waals surface area contributed by atoms with Gasteiger partial charge in [-0.2, -0.15) is 0 Å². The lowest BCUT2D eigenvalue weighted by Gasteiger charge is -2.28. The predicted molar refractivity (Wildman–Crippen MR) is 71.7 cm³/mol. The third kappa shape index (κ3) is 3.35. The maximum absolute atomic E-state index is 6.22. The number of rotatable bonds is 3. The zero-order valence-electron chi connectivity index (χ0n) is 9.66. The zero-order valence-corrected chi connectivity index (χ0v) is 11.2. The molecule has 0 aromatic heterocycles. The molecule has 94 valence electrons. The van der Waals surface area contributed by atoms with Gasteiger partial charge >= 0.3 is 0 Å². The number of benzene rings is 1. The van der Waals surface area contributed by atoms with Crippen LogP contribution in [-0.4, -0.2) is 19.3 Å². The van der Waals surface area contributed by atoms with Crippen LogP contribution in [0.4, 0.5) is 0 Å². The first-order chi connectivity index (χ1) is 8.18. The van der Waals surface area contributed by atoms with E-state index in [1.54, 1.807) is 0 Å². The lowest BCUT2D eigenvalue weighted by molar-refractivity contribution is 0.0450. The molecule has 4 heteroatoms. The summed E-state index contributed by atoms with van der Waals surface area (Å²) < 4.78 is 5.46. The molecular formula is C13H17Cl2NO. The van der Waals surface area contributed by atoms with Crippen molar-refractivity contribution in [2.75, 3.05) is 13.2 Å². The normalized spacial score (nSPS) is 22.4. The van der Waals surface area contributed by atoms with Gasteiger partial charge in [0.1, 0.15) is 0 Å². The molecule has 1 heterocycles. The highest BCUT2D eigenvalue weighted by Crippen LogP contribution is 2.27. The number of nitrogens with two attached hydrogens (primary N) is 1. The van der Waals surface area contributed by atoms with E-state index in [0.29, 0.717) is 22.4 Å². The van der Waals surface area contributed by atoms with E-state index in [1.807, 2.05) is 18.2 Å². The van der Waals surface area contributed by atoms with Crippen molar-refractivity contribution < 1.29 is 4.74 Å². The fourth-order valence-corrected chi connectivity index (χ4v) is 2.78. The maximum atomic E-state index is 6.22. The Kier molecular flexibility index (Phi) is 4.69. The Bertz CT molecular complexity index is 357. The van der Waals surface area contributed by atoms with Gasteiger partial charge in [0.2, 0.25) is 0 Å². The Morgan fingerprint density at radius 1 is 1.35 bits per heavy atom. The van der Waals surface area contributed by atoms with Crippen molar-refractivity contribution in [3.8, 4) is 0 Å². The quantitative estimate of drug-likeness (QED) is 0.918. The monoisotopic (exact) mass is 273 g/mol. The smallest absolute Gasteiger partial charge is 0.0509 e. The van der Waals surface area contributed by atoms with Crippen LogP contribution in [0.5, 0.6) is 0 Å². The molecule has 1 aromatic rings. The van der Waals surface area contributed by atoms with Crippen molar-refractivity contribution in [2.45, 2.75) is 25.3 Å². The van der Waals surface area contributed by atoms with E-state index < -0.39 is 0 Å². The van der Waals surface area contributed by atoms with Crippen molar-refractivity contribution in [1.29, 1.82) is 0 Å². The molecule has 2 rings (SSSR count). The van der Waals surface area contributed by atoms with E-state index in [4.69, 9.17) is 33.7 Å². The SMILES string of the molecule is NC(Cc1c(Cl)cccc1Cl)C1CCCOC1. The van der Waals surface area contributed by atoms with Gasteiger partial charge in [-0.3, -0.25) is 0 Å². The predicted octanol–water partition coefficient (Wildman–Crippen LogP) is 3.29. The zero-order chi connectivity index (χ0) is 12.3. The molecule has 2 nitrogen and oxygen atoms in total. The van der Waals surface area contributed by atoms with Crippen molar-refractivity contribution in [3.63, 3.8) is 0 Å². The average molecular weight is 274 g/mol. The summed E-state index contributed by atoms with van der Waals surface area (Å²) in [6.07, 6.45) is 2.93. The van der Waals surface area contributed by atoms with Gasteiger partial charge < -0.3 is 10.5 Å². The van der Waals surface area contributed by atoms with E-state index in [2.05, 4.69) is 0 Å². The summed E-state index contributed by atoms with van der Waals surface area (Å²) in [5.74, 6) is 0.413. The van der Waals surface area contributed by atoms with Gasteiger partial charge in [-0.05, 0) is 42.9 Å². The van der Waals surface area contributed by atoms with Gasteiger partial charge in [0.25, 0.3) is 0 Å². The number of hydrogen-bond donors (Lipinski definition) is 1. The summed E-state index contributed by atoms with van der Waals surface area (Å²) in [6.45, 7) is 1.61. The minimum atomic E-state index is 0.0627. The molecule has 2 atom stereocenters. The van der Waals surface area contributed by atoms with E-state index in [0.717, 1.165) is 31.6 Å². The topological polar surface area (TPSA) is 35.2 Å². The van der Waals surface area contributed by atoms with Crippen molar-refractivity contribution in [1.82, 2.24) is 0 Å². The summed E-state index contributed by atoms with van der Waals surface area (Å²) >= 11 is 12.3. The Morgan fingerprint density at radius 2 is 2.06 bits per heavy atom. The number of ether oxygens (including phenoxy) is 1. The highest BCUT2D eigenvalue weighted by Gasteiger charge is 2.22. The standard InChI is InChI=1S/C13H17Cl2NO/c14-11-4-1-5-12(15)10(11)7-13(16)9-3-2-6-17-8-9/h1,4-5,9,13H,2-3,6-8,16H2. The van der Waals surface area contributed by atoms with Crippen molar-refractivity contribution in [2.24, 2.45) is 11.7 Å². The van der Waals surface area contributed by atoms with Crippen LogP contribution in [0, 0.1) is 5.92 Å². The van der Waals surface area contributed by atoms with E-state index in [9.17, 15) is 0 Å².